The molecule has 2 aromatic rings. The lowest BCUT2D eigenvalue weighted by Gasteiger charge is -2.31. The fourth-order valence-electron chi connectivity index (χ4n) is 4.38. The Morgan fingerprint density at radius 3 is 2.48 bits per heavy atom. The van der Waals surface area contributed by atoms with Gasteiger partial charge < -0.3 is 35.6 Å². The van der Waals surface area contributed by atoms with Crippen LogP contribution in [-0.2, 0) is 21.2 Å². The van der Waals surface area contributed by atoms with Crippen molar-refractivity contribution in [1.82, 2.24) is 19.8 Å². The lowest BCUT2D eigenvalue weighted by Crippen LogP contribution is -2.56. The summed E-state index contributed by atoms with van der Waals surface area (Å²) in [6, 6.07) is -2.20. The fourth-order valence-corrected chi connectivity index (χ4v) is 5.48. The molecule has 5 amide bonds. The van der Waals surface area contributed by atoms with Crippen LogP contribution in [0.5, 0.6) is 17.2 Å². The zero-order chi connectivity index (χ0) is 31.3. The Kier molecular flexibility index (Phi) is 8.12. The first-order chi connectivity index (χ1) is 19.5. The number of phenols is 2. The number of carboxylic acids is 1. The summed E-state index contributed by atoms with van der Waals surface area (Å²) >= 11 is 6.02. The SMILES string of the molecule is CS(=O)(=O)N1CCN(C(=O)NC(C(=O)N[C@H]2Cc3ccc(F)c(C(=O)O)c3OB2O)c2c(Cl)cc(O)c(O)c2F)C1=O. The van der Waals surface area contributed by atoms with Crippen molar-refractivity contribution < 1.29 is 61.4 Å². The minimum absolute atomic E-state index is 0.0556. The number of nitrogens with zero attached hydrogens (tertiary/aromatic N) is 2. The van der Waals surface area contributed by atoms with Crippen molar-refractivity contribution in [3.63, 3.8) is 0 Å². The Labute approximate surface area is 240 Å². The Hall–Kier alpha value is -4.36. The largest absolute Gasteiger partial charge is 0.547 e. The highest BCUT2D eigenvalue weighted by Gasteiger charge is 2.43. The van der Waals surface area contributed by atoms with E-state index in [-0.39, 0.29) is 12.0 Å². The number of imide groups is 1. The van der Waals surface area contributed by atoms with Crippen LogP contribution in [0.2, 0.25) is 5.02 Å². The smallest absolute Gasteiger partial charge is 0.534 e. The number of amides is 5. The van der Waals surface area contributed by atoms with E-state index < -0.39 is 111 Å². The van der Waals surface area contributed by atoms with E-state index in [0.717, 1.165) is 18.4 Å². The third kappa shape index (κ3) is 5.57. The van der Waals surface area contributed by atoms with Crippen molar-refractivity contribution >= 4 is 52.7 Å². The van der Waals surface area contributed by atoms with E-state index in [0.29, 0.717) is 15.3 Å². The molecule has 15 nitrogen and oxygen atoms in total. The second-order valence-corrected chi connectivity index (χ2v) is 11.5. The quantitative estimate of drug-likeness (QED) is 0.188. The van der Waals surface area contributed by atoms with E-state index in [4.69, 9.17) is 16.3 Å². The predicted molar refractivity (Wildman–Crippen MR) is 137 cm³/mol. The van der Waals surface area contributed by atoms with Gasteiger partial charge in [0.1, 0.15) is 23.2 Å². The molecule has 20 heteroatoms. The van der Waals surface area contributed by atoms with Crippen LogP contribution in [0.3, 0.4) is 0 Å². The summed E-state index contributed by atoms with van der Waals surface area (Å²) < 4.78 is 58.3. The van der Waals surface area contributed by atoms with Crippen LogP contribution in [-0.4, -0.2) is 94.3 Å². The van der Waals surface area contributed by atoms with Crippen LogP contribution in [0, 0.1) is 11.6 Å². The second kappa shape index (κ2) is 11.1. The minimum atomic E-state index is -4.06. The molecule has 2 atom stereocenters. The molecule has 224 valence electrons. The van der Waals surface area contributed by atoms with Gasteiger partial charge in [-0.05, 0) is 18.1 Å². The predicted octanol–water partition coefficient (Wildman–Crippen LogP) is 0.315. The van der Waals surface area contributed by atoms with Gasteiger partial charge in [0.2, 0.25) is 15.9 Å². The van der Waals surface area contributed by atoms with Crippen LogP contribution in [0.15, 0.2) is 18.2 Å². The molecular formula is C22H20BClF2N4O11S. The Morgan fingerprint density at radius 2 is 1.88 bits per heavy atom. The topological polar surface area (TPSA) is 223 Å². The summed E-state index contributed by atoms with van der Waals surface area (Å²) in [4.78, 5) is 50.8. The maximum absolute atomic E-state index is 15.1. The van der Waals surface area contributed by atoms with Gasteiger partial charge in [0.05, 0.1) is 30.3 Å². The van der Waals surface area contributed by atoms with Crippen LogP contribution < -0.4 is 15.3 Å². The molecule has 2 heterocycles. The number of fused-ring (bicyclic) bond motifs is 1. The monoisotopic (exact) mass is 632 g/mol. The zero-order valence-corrected chi connectivity index (χ0v) is 22.7. The number of urea groups is 2. The highest BCUT2D eigenvalue weighted by atomic mass is 35.5. The van der Waals surface area contributed by atoms with E-state index >= 15 is 4.39 Å². The van der Waals surface area contributed by atoms with Gasteiger partial charge in [0.25, 0.3) is 0 Å². The molecule has 2 aliphatic rings. The molecule has 0 bridgehead atoms. The van der Waals surface area contributed by atoms with Gasteiger partial charge >= 0.3 is 25.1 Å². The molecule has 0 saturated carbocycles. The van der Waals surface area contributed by atoms with Crippen LogP contribution >= 0.6 is 11.6 Å². The van der Waals surface area contributed by atoms with Crippen molar-refractivity contribution in [3.8, 4) is 17.2 Å². The van der Waals surface area contributed by atoms with Crippen molar-refractivity contribution in [1.29, 1.82) is 0 Å². The Balaban J connectivity index is 1.66. The molecule has 1 unspecified atom stereocenters. The molecule has 0 aliphatic carbocycles. The molecule has 6 N–H and O–H groups in total. The average Bonchev–Trinajstić information content (AvgIpc) is 3.29. The Bertz CT molecular complexity index is 1630. The standard InChI is InChI=1S/C22H20BClF2N4O11S/c1-42(39,40)30-5-4-29(22(30)37)21(36)28-16(13-9(24)7-11(31)17(32)15(13)26)19(33)27-12-6-8-2-3-10(25)14(20(34)35)18(8)41-23(12)38/h2-3,7,12,16,31-32,38H,4-6H2,1H3,(H,27,33)(H,28,36)(H,34,35)/t12-,16?/m0/s1. The number of aromatic carboxylic acids is 1. The van der Waals surface area contributed by atoms with Gasteiger partial charge in [-0.3, -0.25) is 4.79 Å². The second-order valence-electron chi connectivity index (χ2n) is 9.15. The maximum atomic E-state index is 15.1. The van der Waals surface area contributed by atoms with Crippen molar-refractivity contribution in [2.45, 2.75) is 18.4 Å². The van der Waals surface area contributed by atoms with Crippen LogP contribution in [0.4, 0.5) is 18.4 Å². The number of halogens is 3. The number of benzene rings is 2. The summed E-state index contributed by atoms with van der Waals surface area (Å²) in [5.74, 6) is -10.0. The minimum Gasteiger partial charge on any atom is -0.534 e. The third-order valence-electron chi connectivity index (χ3n) is 6.40. The molecule has 0 spiro atoms. The highest BCUT2D eigenvalue weighted by Crippen LogP contribution is 2.39. The molecular weight excluding hydrogens is 613 g/mol. The highest BCUT2D eigenvalue weighted by molar-refractivity contribution is 7.88. The maximum Gasteiger partial charge on any atom is 0.547 e. The lowest BCUT2D eigenvalue weighted by atomic mass is 9.72. The zero-order valence-electron chi connectivity index (χ0n) is 21.2. The molecule has 0 radical (unpaired) electrons. The summed E-state index contributed by atoms with van der Waals surface area (Å²) in [5.41, 5.74) is -1.69. The first-order valence-electron chi connectivity index (χ1n) is 11.7. The summed E-state index contributed by atoms with van der Waals surface area (Å²) in [5, 5.41) is 43.0. The third-order valence-corrected chi connectivity index (χ3v) is 7.85. The number of nitrogens with one attached hydrogen (secondary N) is 2. The van der Waals surface area contributed by atoms with Crippen molar-refractivity contribution in [2.75, 3.05) is 19.3 Å². The number of carbonyl (C=O) groups is 4. The van der Waals surface area contributed by atoms with Crippen molar-refractivity contribution in [2.24, 2.45) is 0 Å². The van der Waals surface area contributed by atoms with E-state index in [2.05, 4.69) is 5.32 Å². The molecule has 1 saturated heterocycles. The van der Waals surface area contributed by atoms with E-state index in [1.807, 2.05) is 5.32 Å². The van der Waals surface area contributed by atoms with Gasteiger partial charge in [-0.2, -0.15) is 0 Å². The summed E-state index contributed by atoms with van der Waals surface area (Å²) in [7, 11) is -6.04. The molecule has 42 heavy (non-hydrogen) atoms. The molecule has 4 rings (SSSR count). The van der Waals surface area contributed by atoms with Crippen LogP contribution in [0.25, 0.3) is 0 Å². The molecule has 2 aromatic carbocycles. The van der Waals surface area contributed by atoms with Gasteiger partial charge in [-0.1, -0.05) is 17.7 Å². The number of phenolic OH excluding ortho intramolecular Hbond substituents is 2. The number of rotatable bonds is 6. The van der Waals surface area contributed by atoms with Gasteiger partial charge in [-0.15, -0.1) is 0 Å². The first kappa shape index (κ1) is 30.6. The normalized spacial score (nSPS) is 17.4. The molecule has 1 fully saturated rings. The molecule has 0 aromatic heterocycles. The fraction of sp³-hybridized carbons (Fsp3) is 0.273. The average molecular weight is 633 g/mol. The van der Waals surface area contributed by atoms with Crippen molar-refractivity contribution in [3.05, 3.63) is 51.5 Å². The van der Waals surface area contributed by atoms with E-state index in [9.17, 15) is 52.3 Å². The summed E-state index contributed by atoms with van der Waals surface area (Å²) in [6.45, 7) is -0.863. The first-order valence-corrected chi connectivity index (χ1v) is 13.9. The van der Waals surface area contributed by atoms with E-state index in [1.165, 1.54) is 0 Å². The summed E-state index contributed by atoms with van der Waals surface area (Å²) in [6.07, 6.45) is 0.384. The Morgan fingerprint density at radius 1 is 1.21 bits per heavy atom. The van der Waals surface area contributed by atoms with Gasteiger partial charge in [0, 0.05) is 11.6 Å². The molecule has 2 aliphatic heterocycles. The van der Waals surface area contributed by atoms with E-state index in [1.54, 1.807) is 0 Å². The van der Waals surface area contributed by atoms with Gasteiger partial charge in [-0.25, -0.2) is 40.8 Å². The number of hydrogen-bond acceptors (Lipinski definition) is 10. The number of sulfonamides is 1. The van der Waals surface area contributed by atoms with Crippen LogP contribution in [0.1, 0.15) is 27.5 Å². The number of carboxylic acid groups (broad SMARTS) is 1. The number of aromatic hydroxyl groups is 2. The van der Waals surface area contributed by atoms with Gasteiger partial charge in [0.15, 0.2) is 17.3 Å². The number of hydrogen-bond donors (Lipinski definition) is 6. The number of carbonyl (C=O) groups excluding carboxylic acids is 3. The lowest BCUT2D eigenvalue weighted by molar-refractivity contribution is -0.123.